The average molecular weight is 322 g/mol. The van der Waals surface area contributed by atoms with Crippen molar-refractivity contribution in [3.05, 3.63) is 39.4 Å². The number of hydrazone groups is 1. The maximum Gasteiger partial charge on any atom is 0.272 e. The highest BCUT2D eigenvalue weighted by Gasteiger charge is 2.12. The van der Waals surface area contributed by atoms with E-state index in [0.29, 0.717) is 22.0 Å². The smallest absolute Gasteiger partial charge is 0.272 e. The summed E-state index contributed by atoms with van der Waals surface area (Å²) in [6, 6.07) is 5.04. The summed E-state index contributed by atoms with van der Waals surface area (Å²) in [7, 11) is 0. The van der Waals surface area contributed by atoms with E-state index in [1.54, 1.807) is 26.0 Å². The molecule has 0 atom stereocenters. The van der Waals surface area contributed by atoms with E-state index in [2.05, 4.69) is 22.8 Å². The van der Waals surface area contributed by atoms with Gasteiger partial charge in [-0.25, -0.2) is 0 Å². The van der Waals surface area contributed by atoms with Gasteiger partial charge in [-0.15, -0.1) is 0 Å². The van der Waals surface area contributed by atoms with Crippen molar-refractivity contribution in [3.63, 3.8) is 0 Å². The lowest BCUT2D eigenvalue weighted by Gasteiger charge is -2.08. The summed E-state index contributed by atoms with van der Waals surface area (Å²) in [5.74, 6) is 0. The molecule has 22 heavy (non-hydrogen) atoms. The van der Waals surface area contributed by atoms with Crippen LogP contribution in [0.3, 0.4) is 0 Å². The van der Waals surface area contributed by atoms with Crippen molar-refractivity contribution in [2.24, 2.45) is 5.10 Å². The summed E-state index contributed by atoms with van der Waals surface area (Å²) in [5, 5.41) is 18.6. The highest BCUT2D eigenvalue weighted by molar-refractivity contribution is 7.80. The summed E-state index contributed by atoms with van der Waals surface area (Å²) in [6.07, 6.45) is 3.38. The zero-order valence-corrected chi connectivity index (χ0v) is 14.0. The molecule has 0 saturated heterocycles. The molecule has 0 aliphatic carbocycles. The molecule has 0 heterocycles. The van der Waals surface area contributed by atoms with Gasteiger partial charge in [0.15, 0.2) is 5.11 Å². The fourth-order valence-corrected chi connectivity index (χ4v) is 1.99. The van der Waals surface area contributed by atoms with Crippen LogP contribution in [0.1, 0.15) is 44.2 Å². The van der Waals surface area contributed by atoms with E-state index in [9.17, 15) is 10.1 Å². The maximum atomic E-state index is 11.0. The minimum atomic E-state index is -0.389. The molecule has 0 aliphatic rings. The topological polar surface area (TPSA) is 79.6 Å². The van der Waals surface area contributed by atoms with E-state index in [0.717, 1.165) is 25.8 Å². The fraction of sp³-hybridized carbons (Fsp3) is 0.467. The molecule has 120 valence electrons. The van der Waals surface area contributed by atoms with Gasteiger partial charge < -0.3 is 5.32 Å². The zero-order chi connectivity index (χ0) is 16.5. The Morgan fingerprint density at radius 1 is 1.41 bits per heavy atom. The molecule has 0 saturated carbocycles. The van der Waals surface area contributed by atoms with Crippen LogP contribution in [0.5, 0.6) is 0 Å². The number of benzene rings is 1. The van der Waals surface area contributed by atoms with Crippen LogP contribution in [-0.4, -0.2) is 22.3 Å². The van der Waals surface area contributed by atoms with Gasteiger partial charge in [0, 0.05) is 23.7 Å². The number of hydrogen-bond donors (Lipinski definition) is 2. The van der Waals surface area contributed by atoms with Crippen molar-refractivity contribution in [2.45, 2.75) is 40.0 Å². The Kier molecular flexibility index (Phi) is 7.45. The molecule has 1 aromatic rings. The average Bonchev–Trinajstić information content (AvgIpc) is 2.49. The highest BCUT2D eigenvalue weighted by atomic mass is 32.1. The number of thiocarbonyl (C=S) groups is 1. The SMILES string of the molecule is CCCCCNC(=S)N/N=C(/C)c1ccc(C)c([N+](=O)[O-])c1. The Bertz CT molecular complexity index is 573. The maximum absolute atomic E-state index is 11.0. The van der Waals surface area contributed by atoms with Crippen molar-refractivity contribution >= 4 is 28.7 Å². The first-order chi connectivity index (χ1) is 10.5. The molecule has 6 nitrogen and oxygen atoms in total. The second-order valence-electron chi connectivity index (χ2n) is 5.03. The molecular weight excluding hydrogens is 300 g/mol. The third-order valence-corrected chi connectivity index (χ3v) is 3.45. The van der Waals surface area contributed by atoms with Crippen LogP contribution in [0.25, 0.3) is 0 Å². The van der Waals surface area contributed by atoms with Crippen LogP contribution >= 0.6 is 12.2 Å². The third kappa shape index (κ3) is 5.77. The number of unbranched alkanes of at least 4 members (excludes halogenated alkanes) is 2. The van der Waals surface area contributed by atoms with Crippen LogP contribution in [0.2, 0.25) is 0 Å². The van der Waals surface area contributed by atoms with Gasteiger partial charge in [-0.1, -0.05) is 31.9 Å². The number of hydrogen-bond acceptors (Lipinski definition) is 4. The Hall–Kier alpha value is -2.02. The largest absolute Gasteiger partial charge is 0.361 e. The minimum absolute atomic E-state index is 0.0901. The third-order valence-electron chi connectivity index (χ3n) is 3.21. The summed E-state index contributed by atoms with van der Waals surface area (Å²) < 4.78 is 0. The molecule has 0 aromatic heterocycles. The molecular formula is C15H22N4O2S. The first-order valence-electron chi connectivity index (χ1n) is 7.29. The highest BCUT2D eigenvalue weighted by Crippen LogP contribution is 2.19. The lowest BCUT2D eigenvalue weighted by Crippen LogP contribution is -2.33. The lowest BCUT2D eigenvalue weighted by molar-refractivity contribution is -0.385. The van der Waals surface area contributed by atoms with E-state index >= 15 is 0 Å². The number of nitrogens with one attached hydrogen (secondary N) is 2. The van der Waals surface area contributed by atoms with Crippen LogP contribution in [0, 0.1) is 17.0 Å². The molecule has 0 aliphatic heterocycles. The lowest BCUT2D eigenvalue weighted by atomic mass is 10.1. The summed E-state index contributed by atoms with van der Waals surface area (Å²) in [6.45, 7) is 6.44. The first kappa shape index (κ1) is 18.0. The van der Waals surface area contributed by atoms with Gasteiger partial charge in [0.2, 0.25) is 0 Å². The molecule has 0 bridgehead atoms. The number of nitro groups is 1. The normalized spacial score (nSPS) is 11.1. The van der Waals surface area contributed by atoms with Crippen molar-refractivity contribution in [1.29, 1.82) is 0 Å². The minimum Gasteiger partial charge on any atom is -0.361 e. The monoisotopic (exact) mass is 322 g/mol. The second-order valence-corrected chi connectivity index (χ2v) is 5.44. The van der Waals surface area contributed by atoms with Crippen molar-refractivity contribution in [3.8, 4) is 0 Å². The zero-order valence-electron chi connectivity index (χ0n) is 13.2. The van der Waals surface area contributed by atoms with Gasteiger partial charge in [0.25, 0.3) is 5.69 Å². The summed E-state index contributed by atoms with van der Waals surface area (Å²) in [4.78, 5) is 10.6. The van der Waals surface area contributed by atoms with Gasteiger partial charge in [-0.2, -0.15) is 5.10 Å². The first-order valence-corrected chi connectivity index (χ1v) is 7.70. The number of nitro benzene ring substituents is 1. The van der Waals surface area contributed by atoms with Crippen LogP contribution in [0.15, 0.2) is 23.3 Å². The summed E-state index contributed by atoms with van der Waals surface area (Å²) in [5.41, 5.74) is 4.81. The summed E-state index contributed by atoms with van der Waals surface area (Å²) >= 11 is 5.12. The molecule has 0 amide bonds. The molecule has 1 rings (SSSR count). The molecule has 1 aromatic carbocycles. The van der Waals surface area contributed by atoms with Crippen LogP contribution < -0.4 is 10.7 Å². The van der Waals surface area contributed by atoms with Gasteiger partial charge >= 0.3 is 0 Å². The Balaban J connectivity index is 2.63. The molecule has 7 heteroatoms. The number of nitrogens with zero attached hydrogens (tertiary/aromatic N) is 2. The second kappa shape index (κ2) is 9.09. The van der Waals surface area contributed by atoms with Gasteiger partial charge in [-0.05, 0) is 32.5 Å². The van der Waals surface area contributed by atoms with Gasteiger partial charge in [0.05, 0.1) is 10.6 Å². The number of aryl methyl sites for hydroxylation is 1. The van der Waals surface area contributed by atoms with E-state index in [-0.39, 0.29) is 10.6 Å². The number of rotatable bonds is 7. The van der Waals surface area contributed by atoms with Crippen molar-refractivity contribution < 1.29 is 4.92 Å². The Morgan fingerprint density at radius 2 is 2.14 bits per heavy atom. The quantitative estimate of drug-likeness (QED) is 0.265. The van der Waals surface area contributed by atoms with Crippen LogP contribution in [0.4, 0.5) is 5.69 Å². The van der Waals surface area contributed by atoms with E-state index in [4.69, 9.17) is 12.2 Å². The molecule has 0 spiro atoms. The van der Waals surface area contributed by atoms with Crippen molar-refractivity contribution in [2.75, 3.05) is 6.54 Å². The van der Waals surface area contributed by atoms with Crippen molar-refractivity contribution in [1.82, 2.24) is 10.7 Å². The molecule has 0 fully saturated rings. The predicted molar refractivity (Wildman–Crippen MR) is 93.3 cm³/mol. The van der Waals surface area contributed by atoms with Gasteiger partial charge in [0.1, 0.15) is 0 Å². The van der Waals surface area contributed by atoms with Crippen LogP contribution in [-0.2, 0) is 0 Å². The predicted octanol–water partition coefficient (Wildman–Crippen LogP) is 3.28. The van der Waals surface area contributed by atoms with E-state index in [1.165, 1.54) is 6.07 Å². The fourth-order valence-electron chi connectivity index (χ4n) is 1.85. The molecule has 0 radical (unpaired) electrons. The molecule has 2 N–H and O–H groups in total. The van der Waals surface area contributed by atoms with E-state index < -0.39 is 0 Å². The van der Waals surface area contributed by atoms with Gasteiger partial charge in [-0.3, -0.25) is 15.5 Å². The Labute approximate surface area is 136 Å². The molecule has 0 unspecified atom stereocenters. The Morgan fingerprint density at radius 3 is 2.77 bits per heavy atom. The standard InChI is InChI=1S/C15H22N4O2S/c1-4-5-6-9-16-15(22)18-17-12(3)13-8-7-11(2)14(10-13)19(20)21/h7-8,10H,4-6,9H2,1-3H3,(H2,16,18,22)/b17-12-. The van der Waals surface area contributed by atoms with E-state index in [1.807, 2.05) is 0 Å².